The number of hydrogen-bond donors (Lipinski definition) is 1. The van der Waals surface area contributed by atoms with Crippen molar-refractivity contribution in [2.75, 3.05) is 0 Å². The number of esters is 1. The van der Waals surface area contributed by atoms with E-state index >= 15 is 0 Å². The van der Waals surface area contributed by atoms with Gasteiger partial charge in [-0.3, -0.25) is 0 Å². The minimum Gasteiger partial charge on any atom is -0.478 e. The Morgan fingerprint density at radius 2 is 1.94 bits per heavy atom. The third-order valence-corrected chi connectivity index (χ3v) is 2.15. The van der Waals surface area contributed by atoms with Crippen LogP contribution in [0.4, 0.5) is 0 Å². The second kappa shape index (κ2) is 6.48. The number of hydrogen-bond acceptors (Lipinski definition) is 3. The Balaban J connectivity index is 2.57. The number of rotatable bonds is 5. The van der Waals surface area contributed by atoms with Crippen LogP contribution in [0, 0.1) is 0 Å². The monoisotopic (exact) mass is 234 g/mol. The Morgan fingerprint density at radius 3 is 2.47 bits per heavy atom. The lowest BCUT2D eigenvalue weighted by molar-refractivity contribution is -0.141. The van der Waals surface area contributed by atoms with E-state index in [9.17, 15) is 9.59 Å². The molecule has 0 amide bonds. The molecule has 0 unspecified atom stereocenters. The van der Waals surface area contributed by atoms with Crippen molar-refractivity contribution in [3.63, 3.8) is 0 Å². The lowest BCUT2D eigenvalue weighted by Gasteiger charge is -2.06. The van der Waals surface area contributed by atoms with Crippen LogP contribution in [0.2, 0.25) is 0 Å². The summed E-state index contributed by atoms with van der Waals surface area (Å²) in [5, 5.41) is 8.56. The first-order chi connectivity index (χ1) is 8.13. The zero-order chi connectivity index (χ0) is 12.7. The second-order valence-electron chi connectivity index (χ2n) is 3.42. The van der Waals surface area contributed by atoms with Crippen molar-refractivity contribution in [3.05, 3.63) is 47.5 Å². The molecule has 0 aliphatic heterocycles. The van der Waals surface area contributed by atoms with E-state index in [4.69, 9.17) is 9.84 Å². The molecule has 1 rings (SSSR count). The van der Waals surface area contributed by atoms with E-state index < -0.39 is 11.9 Å². The summed E-state index contributed by atoms with van der Waals surface area (Å²) < 4.78 is 5.01. The summed E-state index contributed by atoms with van der Waals surface area (Å²) in [5.41, 5.74) is 1.03. The summed E-state index contributed by atoms with van der Waals surface area (Å²) in [6, 6.07) is 9.22. The third-order valence-electron chi connectivity index (χ3n) is 2.15. The fourth-order valence-corrected chi connectivity index (χ4v) is 1.27. The topological polar surface area (TPSA) is 63.6 Å². The van der Waals surface area contributed by atoms with Crippen molar-refractivity contribution in [2.45, 2.75) is 20.0 Å². The molecule has 90 valence electrons. The highest BCUT2D eigenvalue weighted by Gasteiger charge is 2.10. The minimum absolute atomic E-state index is 0.149. The predicted octanol–water partition coefficient (Wildman–Crippen LogP) is 2.15. The normalized spacial score (nSPS) is 11.0. The lowest BCUT2D eigenvalue weighted by atomic mass is 10.2. The van der Waals surface area contributed by atoms with Gasteiger partial charge in [-0.15, -0.1) is 0 Å². The van der Waals surface area contributed by atoms with E-state index in [-0.39, 0.29) is 12.2 Å². The Kier molecular flexibility index (Phi) is 4.94. The molecule has 4 heteroatoms. The summed E-state index contributed by atoms with van der Waals surface area (Å²) in [6.07, 6.45) is 1.22. The third kappa shape index (κ3) is 4.51. The van der Waals surface area contributed by atoms with Gasteiger partial charge in [-0.25, -0.2) is 9.59 Å². The van der Waals surface area contributed by atoms with Gasteiger partial charge < -0.3 is 9.84 Å². The number of carbonyl (C=O) groups is 2. The van der Waals surface area contributed by atoms with Gasteiger partial charge in [-0.05, 0) is 12.0 Å². The molecule has 1 N–H and O–H groups in total. The maximum absolute atomic E-state index is 11.5. The molecule has 0 saturated carbocycles. The van der Waals surface area contributed by atoms with Crippen LogP contribution in [0.5, 0.6) is 0 Å². The van der Waals surface area contributed by atoms with E-state index in [0.717, 1.165) is 11.6 Å². The average molecular weight is 234 g/mol. The van der Waals surface area contributed by atoms with E-state index in [1.807, 2.05) is 30.3 Å². The second-order valence-corrected chi connectivity index (χ2v) is 3.42. The van der Waals surface area contributed by atoms with Gasteiger partial charge in [0.2, 0.25) is 0 Å². The van der Waals surface area contributed by atoms with Crippen LogP contribution >= 0.6 is 0 Å². The zero-order valence-electron chi connectivity index (χ0n) is 9.55. The van der Waals surface area contributed by atoms with E-state index in [2.05, 4.69) is 0 Å². The fourth-order valence-electron chi connectivity index (χ4n) is 1.27. The highest BCUT2D eigenvalue weighted by molar-refractivity contribution is 5.95. The van der Waals surface area contributed by atoms with Crippen molar-refractivity contribution in [1.82, 2.24) is 0 Å². The number of aliphatic carboxylic acids is 1. The molecular weight excluding hydrogens is 220 g/mol. The summed E-state index contributed by atoms with van der Waals surface area (Å²) in [7, 11) is 0. The Hall–Kier alpha value is -2.10. The van der Waals surface area contributed by atoms with Crippen LogP contribution in [0.25, 0.3) is 0 Å². The van der Waals surface area contributed by atoms with E-state index in [1.54, 1.807) is 6.92 Å². The Labute approximate surface area is 99.5 Å². The first-order valence-electron chi connectivity index (χ1n) is 5.28. The van der Waals surface area contributed by atoms with Crippen molar-refractivity contribution >= 4 is 11.9 Å². The molecule has 1 aromatic rings. The van der Waals surface area contributed by atoms with Gasteiger partial charge in [-0.2, -0.15) is 0 Å². The maximum atomic E-state index is 11.5. The number of benzene rings is 1. The Bertz CT molecular complexity index is 420. The zero-order valence-corrected chi connectivity index (χ0v) is 9.55. The highest BCUT2D eigenvalue weighted by Crippen LogP contribution is 2.07. The predicted molar refractivity (Wildman–Crippen MR) is 62.2 cm³/mol. The van der Waals surface area contributed by atoms with E-state index in [1.165, 1.54) is 0 Å². The summed E-state index contributed by atoms with van der Waals surface area (Å²) >= 11 is 0. The molecule has 0 aliphatic carbocycles. The summed E-state index contributed by atoms with van der Waals surface area (Å²) in [6.45, 7) is 1.86. The number of carbonyl (C=O) groups excluding carboxylic acids is 1. The van der Waals surface area contributed by atoms with Crippen LogP contribution in [0.15, 0.2) is 42.0 Å². The molecule has 0 fully saturated rings. The largest absolute Gasteiger partial charge is 0.478 e. The molecule has 0 saturated heterocycles. The standard InChI is InChI=1S/C13H14O4/c1-2-11(8-12(14)15)13(16)17-9-10-6-4-3-5-7-10/h3-8H,2,9H2,1H3,(H,14,15). The Morgan fingerprint density at radius 1 is 1.29 bits per heavy atom. The number of carboxylic acids is 1. The van der Waals surface area contributed by atoms with Crippen LogP contribution in [0.1, 0.15) is 18.9 Å². The van der Waals surface area contributed by atoms with Gasteiger partial charge in [0, 0.05) is 11.6 Å². The first-order valence-corrected chi connectivity index (χ1v) is 5.28. The van der Waals surface area contributed by atoms with Crippen LogP contribution < -0.4 is 0 Å². The average Bonchev–Trinajstić information content (AvgIpc) is 2.34. The van der Waals surface area contributed by atoms with Gasteiger partial charge in [0.1, 0.15) is 6.61 Å². The molecule has 0 atom stereocenters. The number of carboxylic acid groups (broad SMARTS) is 1. The van der Waals surface area contributed by atoms with Crippen LogP contribution in [-0.4, -0.2) is 17.0 Å². The van der Waals surface area contributed by atoms with E-state index in [0.29, 0.717) is 6.42 Å². The summed E-state index contributed by atoms with van der Waals surface area (Å²) in [4.78, 5) is 22.0. The maximum Gasteiger partial charge on any atom is 0.334 e. The fraction of sp³-hybridized carbons (Fsp3) is 0.231. The molecule has 0 radical (unpaired) electrons. The van der Waals surface area contributed by atoms with Gasteiger partial charge in [0.05, 0.1) is 0 Å². The minimum atomic E-state index is -1.14. The first kappa shape index (κ1) is 13.0. The molecule has 1 aromatic carbocycles. The quantitative estimate of drug-likeness (QED) is 0.626. The van der Waals surface area contributed by atoms with Crippen molar-refractivity contribution in [1.29, 1.82) is 0 Å². The summed E-state index contributed by atoms with van der Waals surface area (Å²) in [5.74, 6) is -1.72. The van der Waals surface area contributed by atoms with Crippen LogP contribution in [-0.2, 0) is 20.9 Å². The molecule has 0 spiro atoms. The van der Waals surface area contributed by atoms with Crippen molar-refractivity contribution in [3.8, 4) is 0 Å². The molecular formula is C13H14O4. The van der Waals surface area contributed by atoms with Gasteiger partial charge in [-0.1, -0.05) is 37.3 Å². The number of ether oxygens (including phenoxy) is 1. The molecule has 0 heterocycles. The molecule has 4 nitrogen and oxygen atoms in total. The molecule has 0 aromatic heterocycles. The lowest BCUT2D eigenvalue weighted by Crippen LogP contribution is -2.09. The molecule has 0 bridgehead atoms. The SMILES string of the molecule is CCC(=CC(=O)O)C(=O)OCc1ccccc1. The van der Waals surface area contributed by atoms with Crippen molar-refractivity contribution in [2.24, 2.45) is 0 Å². The highest BCUT2D eigenvalue weighted by atomic mass is 16.5. The molecule has 17 heavy (non-hydrogen) atoms. The smallest absolute Gasteiger partial charge is 0.334 e. The van der Waals surface area contributed by atoms with Gasteiger partial charge in [0.15, 0.2) is 0 Å². The molecule has 0 aliphatic rings. The van der Waals surface area contributed by atoms with Gasteiger partial charge >= 0.3 is 11.9 Å². The van der Waals surface area contributed by atoms with Gasteiger partial charge in [0.25, 0.3) is 0 Å². The van der Waals surface area contributed by atoms with Crippen molar-refractivity contribution < 1.29 is 19.4 Å². The van der Waals surface area contributed by atoms with Crippen LogP contribution in [0.3, 0.4) is 0 Å².